The molecule has 0 aliphatic rings. The normalized spacial score (nSPS) is 12.0. The highest BCUT2D eigenvalue weighted by atomic mass is 28.4. The molecule has 0 aliphatic carbocycles. The van der Waals surface area contributed by atoms with Crippen LogP contribution >= 0.6 is 0 Å². The quantitative estimate of drug-likeness (QED) is 0.245. The minimum Gasteiger partial charge on any atom is -0.463 e. The number of ether oxygens (including phenoxy) is 2. The topological polar surface area (TPSA) is 71.1 Å². The zero-order chi connectivity index (χ0) is 17.4. The van der Waals surface area contributed by atoms with E-state index in [1.54, 1.807) is 0 Å². The molecule has 0 aliphatic heterocycles. The predicted molar refractivity (Wildman–Crippen MR) is 93.2 cm³/mol. The van der Waals surface area contributed by atoms with Gasteiger partial charge in [0, 0.05) is 12.2 Å². The summed E-state index contributed by atoms with van der Waals surface area (Å²) in [6, 6.07) is 0. The lowest BCUT2D eigenvalue weighted by Crippen LogP contribution is -2.48. The standard InChI is InChI=1S/C13H26O6Si3/c1-7-11(14)16-9-21(3,4)18-13(20)19-22(5,6)10-17-12(15)8-2/h7-8,13H,1-2,9-10H2,3-6,20H3. The van der Waals surface area contributed by atoms with Crippen molar-refractivity contribution in [3.63, 3.8) is 0 Å². The molecule has 0 N–H and O–H groups in total. The average molecular weight is 363 g/mol. The molecular formula is C13H26O6Si3. The molecular weight excluding hydrogens is 336 g/mol. The van der Waals surface area contributed by atoms with Crippen molar-refractivity contribution < 1.29 is 27.9 Å². The molecule has 126 valence electrons. The van der Waals surface area contributed by atoms with Crippen LogP contribution in [0.4, 0.5) is 0 Å². The van der Waals surface area contributed by atoms with E-state index < -0.39 is 28.6 Å². The molecule has 0 spiro atoms. The van der Waals surface area contributed by atoms with Gasteiger partial charge in [0.1, 0.15) is 18.4 Å². The van der Waals surface area contributed by atoms with E-state index in [4.69, 9.17) is 18.3 Å². The maximum absolute atomic E-state index is 11.1. The lowest BCUT2D eigenvalue weighted by molar-refractivity contribution is -0.137. The van der Waals surface area contributed by atoms with Crippen molar-refractivity contribution in [2.75, 3.05) is 12.5 Å². The van der Waals surface area contributed by atoms with Crippen LogP contribution < -0.4 is 0 Å². The Morgan fingerprint density at radius 2 is 1.27 bits per heavy atom. The number of hydrogen-bond donors (Lipinski definition) is 0. The first-order valence-corrected chi connectivity index (χ1v) is 14.3. The fraction of sp³-hybridized carbons (Fsp3) is 0.538. The highest BCUT2D eigenvalue weighted by molar-refractivity contribution is 6.72. The Morgan fingerprint density at radius 1 is 0.955 bits per heavy atom. The minimum atomic E-state index is -2.18. The van der Waals surface area contributed by atoms with Gasteiger partial charge in [0.25, 0.3) is 0 Å². The van der Waals surface area contributed by atoms with Gasteiger partial charge in [0.2, 0.25) is 16.6 Å². The van der Waals surface area contributed by atoms with Gasteiger partial charge in [-0.05, 0) is 26.2 Å². The Kier molecular flexibility index (Phi) is 8.78. The molecule has 6 nitrogen and oxygen atoms in total. The maximum Gasteiger partial charge on any atom is 0.329 e. The lowest BCUT2D eigenvalue weighted by atomic mass is 10.7. The zero-order valence-electron chi connectivity index (χ0n) is 14.0. The van der Waals surface area contributed by atoms with E-state index in [1.165, 1.54) is 0 Å². The smallest absolute Gasteiger partial charge is 0.329 e. The van der Waals surface area contributed by atoms with Crippen molar-refractivity contribution in [3.05, 3.63) is 25.3 Å². The van der Waals surface area contributed by atoms with Gasteiger partial charge in [0.05, 0.1) is 10.2 Å². The summed E-state index contributed by atoms with van der Waals surface area (Å²) >= 11 is 0. The Balaban J connectivity index is 4.36. The molecule has 0 aromatic rings. The van der Waals surface area contributed by atoms with E-state index in [-0.39, 0.29) is 18.4 Å². The highest BCUT2D eigenvalue weighted by Gasteiger charge is 2.32. The average Bonchev–Trinajstić information content (AvgIpc) is 2.40. The van der Waals surface area contributed by atoms with Crippen molar-refractivity contribution in [2.24, 2.45) is 0 Å². The van der Waals surface area contributed by atoms with E-state index in [0.717, 1.165) is 12.2 Å². The van der Waals surface area contributed by atoms with Crippen LogP contribution in [-0.2, 0) is 27.9 Å². The number of esters is 2. The monoisotopic (exact) mass is 362 g/mol. The fourth-order valence-electron chi connectivity index (χ4n) is 1.60. The third-order valence-corrected chi connectivity index (χ3v) is 7.46. The number of rotatable bonds is 10. The Labute approximate surface area is 137 Å². The molecule has 0 saturated carbocycles. The predicted octanol–water partition coefficient (Wildman–Crippen LogP) is 0.616. The van der Waals surface area contributed by atoms with Gasteiger partial charge in [-0.1, -0.05) is 13.2 Å². The van der Waals surface area contributed by atoms with Gasteiger partial charge in [-0.2, -0.15) is 0 Å². The minimum absolute atomic E-state index is 0.243. The second-order valence-corrected chi connectivity index (χ2v) is 15.0. The van der Waals surface area contributed by atoms with Crippen molar-refractivity contribution in [2.45, 2.75) is 32.1 Å². The van der Waals surface area contributed by atoms with Crippen molar-refractivity contribution in [3.8, 4) is 0 Å². The van der Waals surface area contributed by atoms with Gasteiger partial charge in [-0.15, -0.1) is 0 Å². The molecule has 0 heterocycles. The zero-order valence-corrected chi connectivity index (χ0v) is 18.0. The summed E-state index contributed by atoms with van der Waals surface area (Å²) in [5, 5.41) is 0. The molecule has 0 radical (unpaired) electrons. The van der Waals surface area contributed by atoms with E-state index >= 15 is 0 Å². The first kappa shape index (κ1) is 21.0. The first-order valence-electron chi connectivity index (χ1n) is 6.95. The molecule has 0 bridgehead atoms. The lowest BCUT2D eigenvalue weighted by Gasteiger charge is -2.32. The Hall–Kier alpha value is -1.01. The van der Waals surface area contributed by atoms with E-state index in [2.05, 4.69) is 13.2 Å². The largest absolute Gasteiger partial charge is 0.463 e. The van der Waals surface area contributed by atoms with Crippen LogP contribution in [0.1, 0.15) is 0 Å². The van der Waals surface area contributed by atoms with Crippen LogP contribution in [0.5, 0.6) is 0 Å². The molecule has 9 heteroatoms. The third kappa shape index (κ3) is 9.84. The summed E-state index contributed by atoms with van der Waals surface area (Å²) in [5.74, 6) is -1.24. The summed E-state index contributed by atoms with van der Waals surface area (Å²) in [4.78, 5) is 22.2. The molecule has 0 aromatic carbocycles. The van der Waals surface area contributed by atoms with Crippen molar-refractivity contribution in [1.82, 2.24) is 0 Å². The Morgan fingerprint density at radius 3 is 1.55 bits per heavy atom. The van der Waals surface area contributed by atoms with Gasteiger partial charge in [0.15, 0.2) is 0 Å². The summed E-state index contributed by atoms with van der Waals surface area (Å²) < 4.78 is 22.0. The SMILES string of the molecule is C=CC(=O)OC[Si](C)(C)OC([SiH3])O[Si](C)(C)COC(=O)C=C. The molecule has 0 fully saturated rings. The fourth-order valence-corrected chi connectivity index (χ4v) is 8.53. The summed E-state index contributed by atoms with van der Waals surface area (Å²) in [6.07, 6.45) is 2.74. The number of carbonyl (C=O) groups excluding carboxylic acids is 2. The second kappa shape index (κ2) is 9.20. The molecule has 0 unspecified atom stereocenters. The molecule has 0 saturated heterocycles. The maximum atomic E-state index is 11.1. The molecule has 0 rings (SSSR count). The van der Waals surface area contributed by atoms with Crippen LogP contribution in [0.2, 0.25) is 26.2 Å². The second-order valence-electron chi connectivity index (χ2n) is 5.95. The van der Waals surface area contributed by atoms with Crippen LogP contribution in [0.15, 0.2) is 25.3 Å². The van der Waals surface area contributed by atoms with Gasteiger partial charge in [-0.25, -0.2) is 9.59 Å². The molecule has 22 heavy (non-hydrogen) atoms. The van der Waals surface area contributed by atoms with E-state index in [9.17, 15) is 9.59 Å². The third-order valence-electron chi connectivity index (χ3n) is 2.43. The summed E-state index contributed by atoms with van der Waals surface area (Å²) in [5.41, 5.74) is 0. The van der Waals surface area contributed by atoms with Crippen LogP contribution in [0.3, 0.4) is 0 Å². The molecule has 0 amide bonds. The van der Waals surface area contributed by atoms with Crippen LogP contribution in [-0.4, -0.2) is 57.2 Å². The van der Waals surface area contributed by atoms with Crippen molar-refractivity contribution >= 4 is 38.8 Å². The first-order chi connectivity index (χ1) is 10.0. The molecule has 0 atom stereocenters. The van der Waals surface area contributed by atoms with E-state index in [0.29, 0.717) is 10.2 Å². The molecule has 0 aromatic heterocycles. The Bertz CT molecular complexity index is 384. The number of carbonyl (C=O) groups is 2. The van der Waals surface area contributed by atoms with Gasteiger partial charge >= 0.3 is 11.9 Å². The summed E-state index contributed by atoms with van der Waals surface area (Å²) in [7, 11) is -3.70. The number of hydrogen-bond acceptors (Lipinski definition) is 6. The van der Waals surface area contributed by atoms with Crippen LogP contribution in [0, 0.1) is 0 Å². The van der Waals surface area contributed by atoms with Crippen LogP contribution in [0.25, 0.3) is 0 Å². The van der Waals surface area contributed by atoms with Gasteiger partial charge < -0.3 is 18.3 Å². The summed E-state index contributed by atoms with van der Waals surface area (Å²) in [6.45, 7) is 14.5. The van der Waals surface area contributed by atoms with Crippen molar-refractivity contribution in [1.29, 1.82) is 0 Å². The highest BCUT2D eigenvalue weighted by Crippen LogP contribution is 2.14. The van der Waals surface area contributed by atoms with Gasteiger partial charge in [-0.3, -0.25) is 0 Å². The van der Waals surface area contributed by atoms with E-state index in [1.807, 2.05) is 26.2 Å².